The van der Waals surface area contributed by atoms with Crippen LogP contribution in [0.1, 0.15) is 32.9 Å². The number of hydrogen-bond acceptors (Lipinski definition) is 4. The smallest absolute Gasteiger partial charge is 0.331 e. The van der Waals surface area contributed by atoms with Crippen molar-refractivity contribution in [3.63, 3.8) is 0 Å². The van der Waals surface area contributed by atoms with Crippen LogP contribution in [0.25, 0.3) is 0 Å². The van der Waals surface area contributed by atoms with Gasteiger partial charge in [-0.2, -0.15) is 0 Å². The van der Waals surface area contributed by atoms with E-state index in [0.717, 1.165) is 5.69 Å². The van der Waals surface area contributed by atoms with Gasteiger partial charge in [-0.25, -0.2) is 9.78 Å². The van der Waals surface area contributed by atoms with E-state index in [1.54, 1.807) is 12.5 Å². The van der Waals surface area contributed by atoms with Crippen LogP contribution < -0.4 is 5.32 Å². The molecule has 2 fully saturated rings. The molecule has 2 unspecified atom stereocenters. The summed E-state index contributed by atoms with van der Waals surface area (Å²) in [5.41, 5.74) is 0.0304. The van der Waals surface area contributed by atoms with Gasteiger partial charge in [-0.1, -0.05) is 0 Å². The van der Waals surface area contributed by atoms with Crippen molar-refractivity contribution in [1.29, 1.82) is 0 Å². The zero-order chi connectivity index (χ0) is 14.5. The van der Waals surface area contributed by atoms with Crippen LogP contribution in [0.4, 0.5) is 0 Å². The molecule has 7 heteroatoms. The lowest BCUT2D eigenvalue weighted by Crippen LogP contribution is -2.66. The van der Waals surface area contributed by atoms with Gasteiger partial charge in [0.05, 0.1) is 6.33 Å². The van der Waals surface area contributed by atoms with Gasteiger partial charge in [-0.3, -0.25) is 4.90 Å². The number of thiocarbonyl (C=S) groups is 1. The summed E-state index contributed by atoms with van der Waals surface area (Å²) >= 11 is 5.45. The molecule has 0 aromatic carbocycles. The van der Waals surface area contributed by atoms with Gasteiger partial charge in [-0.15, -0.1) is 0 Å². The van der Waals surface area contributed by atoms with Gasteiger partial charge in [0.2, 0.25) is 0 Å². The molecule has 2 aliphatic heterocycles. The maximum absolute atomic E-state index is 12.2. The van der Waals surface area contributed by atoms with Gasteiger partial charge in [0, 0.05) is 30.3 Å². The number of esters is 1. The first kappa shape index (κ1) is 13.4. The van der Waals surface area contributed by atoms with E-state index in [0.29, 0.717) is 18.0 Å². The highest BCUT2D eigenvalue weighted by Crippen LogP contribution is 2.39. The van der Waals surface area contributed by atoms with Crippen molar-refractivity contribution in [3.05, 3.63) is 18.2 Å². The topological polar surface area (TPSA) is 70.2 Å². The molecular weight excluding hydrogens is 276 g/mol. The molecule has 0 amide bonds. The summed E-state index contributed by atoms with van der Waals surface area (Å²) in [7, 11) is 0. The summed E-state index contributed by atoms with van der Waals surface area (Å²) in [5, 5.41) is 3.85. The van der Waals surface area contributed by atoms with Crippen LogP contribution >= 0.6 is 12.2 Å². The van der Waals surface area contributed by atoms with Crippen molar-refractivity contribution < 1.29 is 9.53 Å². The summed E-state index contributed by atoms with van der Waals surface area (Å²) in [6.07, 6.45) is 4.51. The van der Waals surface area contributed by atoms with E-state index in [-0.39, 0.29) is 11.5 Å². The fourth-order valence-electron chi connectivity index (χ4n) is 3.24. The molecule has 6 nitrogen and oxygen atoms in total. The molecule has 108 valence electrons. The summed E-state index contributed by atoms with van der Waals surface area (Å²) in [5.74, 6) is -0.232. The molecule has 3 heterocycles. The SMILES string of the molecule is CC1(C)CC2(C)OC(=O)C(Cc3cnc[nH]3)N2C(=S)N1. The van der Waals surface area contributed by atoms with E-state index >= 15 is 0 Å². The lowest BCUT2D eigenvalue weighted by atomic mass is 9.90. The Morgan fingerprint density at radius 2 is 2.30 bits per heavy atom. The van der Waals surface area contributed by atoms with E-state index in [4.69, 9.17) is 17.0 Å². The molecule has 2 N–H and O–H groups in total. The minimum Gasteiger partial charge on any atom is -0.437 e. The number of nitrogens with one attached hydrogen (secondary N) is 2. The second kappa shape index (κ2) is 4.18. The van der Waals surface area contributed by atoms with Crippen LogP contribution in [-0.4, -0.2) is 43.3 Å². The third-order valence-corrected chi connectivity index (χ3v) is 4.11. The van der Waals surface area contributed by atoms with Crippen LogP contribution in [0.3, 0.4) is 0 Å². The third-order valence-electron chi connectivity index (χ3n) is 3.82. The normalized spacial score (nSPS) is 31.8. The maximum atomic E-state index is 12.2. The predicted octanol–water partition coefficient (Wildman–Crippen LogP) is 0.953. The molecule has 0 aliphatic carbocycles. The molecule has 0 radical (unpaired) electrons. The predicted molar refractivity (Wildman–Crippen MR) is 76.8 cm³/mol. The quantitative estimate of drug-likeness (QED) is 0.625. The first-order chi connectivity index (χ1) is 9.31. The summed E-state index contributed by atoms with van der Waals surface area (Å²) in [6.45, 7) is 6.03. The Kier molecular flexibility index (Phi) is 2.79. The lowest BCUT2D eigenvalue weighted by Gasteiger charge is -2.48. The molecule has 0 bridgehead atoms. The lowest BCUT2D eigenvalue weighted by molar-refractivity contribution is -0.153. The fraction of sp³-hybridized carbons (Fsp3) is 0.615. The Labute approximate surface area is 122 Å². The van der Waals surface area contributed by atoms with Gasteiger partial charge in [0.25, 0.3) is 0 Å². The number of rotatable bonds is 2. The summed E-state index contributed by atoms with van der Waals surface area (Å²) < 4.78 is 5.65. The monoisotopic (exact) mass is 294 g/mol. The van der Waals surface area contributed by atoms with Crippen LogP contribution in [0.5, 0.6) is 0 Å². The number of ether oxygens (including phenoxy) is 1. The number of hydrogen-bond donors (Lipinski definition) is 2. The number of nitrogens with zero attached hydrogens (tertiary/aromatic N) is 2. The number of fused-ring (bicyclic) bond motifs is 1. The van der Waals surface area contributed by atoms with Gasteiger partial charge in [0.15, 0.2) is 10.8 Å². The molecule has 3 rings (SSSR count). The van der Waals surface area contributed by atoms with Crippen molar-refractivity contribution in [2.24, 2.45) is 0 Å². The zero-order valence-electron chi connectivity index (χ0n) is 11.8. The number of H-pyrrole nitrogens is 1. The maximum Gasteiger partial charge on any atom is 0.331 e. The molecule has 0 saturated carbocycles. The van der Waals surface area contributed by atoms with E-state index in [1.807, 2.05) is 11.8 Å². The summed E-state index contributed by atoms with van der Waals surface area (Å²) in [6, 6.07) is -0.406. The highest BCUT2D eigenvalue weighted by atomic mass is 32.1. The molecule has 2 saturated heterocycles. The summed E-state index contributed by atoms with van der Waals surface area (Å²) in [4.78, 5) is 21.1. The second-order valence-corrected chi connectivity index (χ2v) is 6.64. The molecule has 2 atom stereocenters. The van der Waals surface area contributed by atoms with Gasteiger partial charge < -0.3 is 15.0 Å². The molecule has 1 aromatic rings. The second-order valence-electron chi connectivity index (χ2n) is 6.25. The van der Waals surface area contributed by atoms with E-state index in [2.05, 4.69) is 29.1 Å². The number of aromatic amines is 1. The van der Waals surface area contributed by atoms with E-state index in [9.17, 15) is 4.79 Å². The zero-order valence-corrected chi connectivity index (χ0v) is 12.6. The van der Waals surface area contributed by atoms with Gasteiger partial charge in [0.1, 0.15) is 6.04 Å². The van der Waals surface area contributed by atoms with Crippen LogP contribution in [0.2, 0.25) is 0 Å². The van der Waals surface area contributed by atoms with Gasteiger partial charge in [-0.05, 0) is 33.0 Å². The molecular formula is C13H18N4O2S. The van der Waals surface area contributed by atoms with Crippen molar-refractivity contribution in [2.45, 2.75) is 50.9 Å². The number of imidazole rings is 1. The first-order valence-electron chi connectivity index (χ1n) is 6.62. The molecule has 0 spiro atoms. The van der Waals surface area contributed by atoms with Gasteiger partial charge >= 0.3 is 5.97 Å². The highest BCUT2D eigenvalue weighted by molar-refractivity contribution is 7.80. The minimum atomic E-state index is -0.673. The Morgan fingerprint density at radius 1 is 1.55 bits per heavy atom. The largest absolute Gasteiger partial charge is 0.437 e. The standard InChI is InChI=1S/C13H18N4O2S/c1-12(2)6-13(3)17(11(20)16-12)9(10(18)19-13)4-8-5-14-7-15-8/h5,7,9H,4,6H2,1-3H3,(H,14,15)(H,16,20). The highest BCUT2D eigenvalue weighted by Gasteiger charge is 2.56. The van der Waals surface area contributed by atoms with Crippen molar-refractivity contribution in [2.75, 3.05) is 0 Å². The third kappa shape index (κ3) is 2.06. The Balaban J connectivity index is 1.90. The van der Waals surface area contributed by atoms with Crippen LogP contribution in [0.15, 0.2) is 12.5 Å². The Hall–Kier alpha value is -1.63. The number of aromatic nitrogens is 2. The average Bonchev–Trinajstić information content (AvgIpc) is 2.84. The van der Waals surface area contributed by atoms with E-state index in [1.165, 1.54) is 0 Å². The van der Waals surface area contributed by atoms with Crippen LogP contribution in [-0.2, 0) is 16.0 Å². The van der Waals surface area contributed by atoms with Crippen molar-refractivity contribution in [3.8, 4) is 0 Å². The number of carbonyl (C=O) groups is 1. The minimum absolute atomic E-state index is 0.189. The van der Waals surface area contributed by atoms with Crippen molar-refractivity contribution >= 4 is 23.3 Å². The van der Waals surface area contributed by atoms with Crippen LogP contribution in [0, 0.1) is 0 Å². The fourth-order valence-corrected chi connectivity index (χ4v) is 3.84. The molecule has 1 aromatic heterocycles. The number of carbonyl (C=O) groups excluding carboxylic acids is 1. The van der Waals surface area contributed by atoms with E-state index < -0.39 is 11.8 Å². The molecule has 20 heavy (non-hydrogen) atoms. The Bertz CT molecular complexity index is 557. The Morgan fingerprint density at radius 3 is 2.95 bits per heavy atom. The first-order valence-corrected chi connectivity index (χ1v) is 7.03. The van der Waals surface area contributed by atoms with Crippen molar-refractivity contribution in [1.82, 2.24) is 20.2 Å². The molecule has 2 aliphatic rings. The average molecular weight is 294 g/mol.